The van der Waals surface area contributed by atoms with Gasteiger partial charge in [-0.1, -0.05) is 17.7 Å². The van der Waals surface area contributed by atoms with E-state index >= 15 is 0 Å². The molecule has 4 nitrogen and oxygen atoms in total. The first-order chi connectivity index (χ1) is 7.91. The third-order valence-corrected chi connectivity index (χ3v) is 2.50. The van der Waals surface area contributed by atoms with E-state index in [-0.39, 0.29) is 11.6 Å². The molecule has 0 aromatic heterocycles. The van der Waals surface area contributed by atoms with Crippen LogP contribution in [0.5, 0.6) is 0 Å². The van der Waals surface area contributed by atoms with Crippen LogP contribution in [0.2, 0.25) is 5.02 Å². The van der Waals surface area contributed by atoms with Crippen LogP contribution in [0.15, 0.2) is 18.2 Å². The SMILES string of the molecule is CC(C(=O)O)C(=O)NCc1ccc(F)c(Cl)c1. The first-order valence-electron chi connectivity index (χ1n) is 4.86. The van der Waals surface area contributed by atoms with Crippen LogP contribution in [-0.4, -0.2) is 17.0 Å². The number of nitrogens with one attached hydrogen (secondary N) is 1. The molecule has 1 amide bonds. The predicted molar refractivity (Wildman–Crippen MR) is 60.1 cm³/mol. The van der Waals surface area contributed by atoms with Crippen molar-refractivity contribution in [2.24, 2.45) is 5.92 Å². The Morgan fingerprint density at radius 2 is 2.18 bits per heavy atom. The maximum absolute atomic E-state index is 12.8. The van der Waals surface area contributed by atoms with Crippen LogP contribution in [0.4, 0.5) is 4.39 Å². The molecule has 0 spiro atoms. The highest BCUT2D eigenvalue weighted by Crippen LogP contribution is 2.15. The second kappa shape index (κ2) is 5.63. The molecule has 1 rings (SSSR count). The second-order valence-corrected chi connectivity index (χ2v) is 3.93. The molecule has 0 aliphatic heterocycles. The number of carboxylic acids is 1. The average molecular weight is 260 g/mol. The lowest BCUT2D eigenvalue weighted by molar-refractivity contribution is -0.146. The quantitative estimate of drug-likeness (QED) is 0.811. The van der Waals surface area contributed by atoms with Crippen molar-refractivity contribution < 1.29 is 19.1 Å². The Hall–Kier alpha value is -1.62. The van der Waals surface area contributed by atoms with E-state index in [1.165, 1.54) is 25.1 Å². The number of rotatable bonds is 4. The molecule has 0 radical (unpaired) electrons. The van der Waals surface area contributed by atoms with Crippen molar-refractivity contribution in [3.63, 3.8) is 0 Å². The topological polar surface area (TPSA) is 66.4 Å². The predicted octanol–water partition coefficient (Wildman–Crippen LogP) is 1.82. The van der Waals surface area contributed by atoms with Gasteiger partial charge in [-0.05, 0) is 24.6 Å². The lowest BCUT2D eigenvalue weighted by Crippen LogP contribution is -2.33. The minimum atomic E-state index is -1.19. The van der Waals surface area contributed by atoms with E-state index < -0.39 is 23.6 Å². The molecule has 0 heterocycles. The van der Waals surface area contributed by atoms with Gasteiger partial charge in [-0.3, -0.25) is 9.59 Å². The number of hydrogen-bond acceptors (Lipinski definition) is 2. The minimum Gasteiger partial charge on any atom is -0.481 e. The van der Waals surface area contributed by atoms with Crippen LogP contribution < -0.4 is 5.32 Å². The summed E-state index contributed by atoms with van der Waals surface area (Å²) in [5.74, 6) is -3.45. The summed E-state index contributed by atoms with van der Waals surface area (Å²) in [4.78, 5) is 21.8. The van der Waals surface area contributed by atoms with Gasteiger partial charge in [0, 0.05) is 6.54 Å². The zero-order valence-electron chi connectivity index (χ0n) is 9.04. The Labute approximate surface area is 102 Å². The molecule has 1 atom stereocenters. The smallest absolute Gasteiger partial charge is 0.315 e. The van der Waals surface area contributed by atoms with E-state index in [2.05, 4.69) is 5.32 Å². The molecule has 6 heteroatoms. The third-order valence-electron chi connectivity index (χ3n) is 2.21. The first-order valence-corrected chi connectivity index (χ1v) is 5.24. The van der Waals surface area contributed by atoms with Gasteiger partial charge in [0.25, 0.3) is 0 Å². The van der Waals surface area contributed by atoms with E-state index in [1.54, 1.807) is 0 Å². The molecule has 0 aliphatic carbocycles. The zero-order chi connectivity index (χ0) is 13.0. The van der Waals surface area contributed by atoms with Gasteiger partial charge in [-0.2, -0.15) is 0 Å². The van der Waals surface area contributed by atoms with Gasteiger partial charge >= 0.3 is 5.97 Å². The van der Waals surface area contributed by atoms with Gasteiger partial charge < -0.3 is 10.4 Å². The van der Waals surface area contributed by atoms with Crippen molar-refractivity contribution in [3.05, 3.63) is 34.6 Å². The van der Waals surface area contributed by atoms with Crippen molar-refractivity contribution in [3.8, 4) is 0 Å². The lowest BCUT2D eigenvalue weighted by Gasteiger charge is -2.08. The Morgan fingerprint density at radius 1 is 1.53 bits per heavy atom. The minimum absolute atomic E-state index is 0.0389. The summed E-state index contributed by atoms with van der Waals surface area (Å²) < 4.78 is 12.8. The number of amides is 1. The van der Waals surface area contributed by atoms with Gasteiger partial charge in [0.1, 0.15) is 11.7 Å². The number of carbonyl (C=O) groups excluding carboxylic acids is 1. The lowest BCUT2D eigenvalue weighted by atomic mass is 10.1. The van der Waals surface area contributed by atoms with E-state index in [0.717, 1.165) is 0 Å². The molecule has 0 saturated heterocycles. The highest BCUT2D eigenvalue weighted by atomic mass is 35.5. The molecule has 17 heavy (non-hydrogen) atoms. The van der Waals surface area contributed by atoms with Crippen LogP contribution in [0, 0.1) is 11.7 Å². The van der Waals surface area contributed by atoms with E-state index in [1.807, 2.05) is 0 Å². The molecule has 0 fully saturated rings. The van der Waals surface area contributed by atoms with Gasteiger partial charge in [0.2, 0.25) is 5.91 Å². The molecule has 1 aromatic carbocycles. The van der Waals surface area contributed by atoms with Gasteiger partial charge in [-0.25, -0.2) is 4.39 Å². The molecule has 0 aliphatic rings. The number of carbonyl (C=O) groups is 2. The standard InChI is InChI=1S/C11H11ClFNO3/c1-6(11(16)17)10(15)14-5-7-2-3-9(13)8(12)4-7/h2-4,6H,5H2,1H3,(H,14,15)(H,16,17). The number of halogens is 2. The van der Waals surface area contributed by atoms with Crippen LogP contribution in [0.1, 0.15) is 12.5 Å². The van der Waals surface area contributed by atoms with E-state index in [9.17, 15) is 14.0 Å². The Bertz CT molecular complexity index is 450. The molecular formula is C11H11ClFNO3. The fourth-order valence-electron chi connectivity index (χ4n) is 1.10. The van der Waals surface area contributed by atoms with E-state index in [0.29, 0.717) is 5.56 Å². The highest BCUT2D eigenvalue weighted by molar-refractivity contribution is 6.30. The molecule has 1 unspecified atom stereocenters. The second-order valence-electron chi connectivity index (χ2n) is 3.53. The van der Waals surface area contributed by atoms with Crippen molar-refractivity contribution in [2.75, 3.05) is 0 Å². The van der Waals surface area contributed by atoms with E-state index in [4.69, 9.17) is 16.7 Å². The van der Waals surface area contributed by atoms with Crippen LogP contribution in [0.25, 0.3) is 0 Å². The Kier molecular flexibility index (Phi) is 4.45. The third kappa shape index (κ3) is 3.71. The highest BCUT2D eigenvalue weighted by Gasteiger charge is 2.19. The summed E-state index contributed by atoms with van der Waals surface area (Å²) in [5.41, 5.74) is 0.599. The molecule has 0 bridgehead atoms. The molecule has 92 valence electrons. The van der Waals surface area contributed by atoms with Crippen molar-refractivity contribution in [1.82, 2.24) is 5.32 Å². The van der Waals surface area contributed by atoms with Crippen molar-refractivity contribution >= 4 is 23.5 Å². The van der Waals surface area contributed by atoms with Gasteiger partial charge in [0.05, 0.1) is 5.02 Å². The largest absolute Gasteiger partial charge is 0.481 e. The van der Waals surface area contributed by atoms with Crippen LogP contribution >= 0.6 is 11.6 Å². The maximum Gasteiger partial charge on any atom is 0.315 e. The first kappa shape index (κ1) is 13.4. The fourth-order valence-corrected chi connectivity index (χ4v) is 1.31. The van der Waals surface area contributed by atoms with Crippen LogP contribution in [-0.2, 0) is 16.1 Å². The van der Waals surface area contributed by atoms with Crippen molar-refractivity contribution in [1.29, 1.82) is 0 Å². The molecule has 0 saturated carbocycles. The van der Waals surface area contributed by atoms with Gasteiger partial charge in [-0.15, -0.1) is 0 Å². The summed E-state index contributed by atoms with van der Waals surface area (Å²) in [7, 11) is 0. The molecular weight excluding hydrogens is 249 g/mol. The fraction of sp³-hybridized carbons (Fsp3) is 0.273. The number of benzene rings is 1. The van der Waals surface area contributed by atoms with Crippen LogP contribution in [0.3, 0.4) is 0 Å². The number of carboxylic acid groups (broad SMARTS) is 1. The summed E-state index contributed by atoms with van der Waals surface area (Å²) >= 11 is 5.56. The number of hydrogen-bond donors (Lipinski definition) is 2. The van der Waals surface area contributed by atoms with Crippen molar-refractivity contribution in [2.45, 2.75) is 13.5 Å². The molecule has 2 N–H and O–H groups in total. The summed E-state index contributed by atoms with van der Waals surface area (Å²) in [5, 5.41) is 11.0. The number of aliphatic carboxylic acids is 1. The Morgan fingerprint density at radius 3 is 2.71 bits per heavy atom. The maximum atomic E-state index is 12.8. The summed E-state index contributed by atoms with van der Waals surface area (Å²) in [6, 6.07) is 4.03. The normalized spacial score (nSPS) is 11.9. The summed E-state index contributed by atoms with van der Waals surface area (Å²) in [6.07, 6.45) is 0. The monoisotopic (exact) mass is 259 g/mol. The average Bonchev–Trinajstić information content (AvgIpc) is 2.29. The zero-order valence-corrected chi connectivity index (χ0v) is 9.79. The van der Waals surface area contributed by atoms with Gasteiger partial charge in [0.15, 0.2) is 0 Å². The Balaban J connectivity index is 2.59. The summed E-state index contributed by atoms with van der Waals surface area (Å²) in [6.45, 7) is 1.39. The molecule has 1 aromatic rings.